The fourth-order valence-electron chi connectivity index (χ4n) is 7.37. The van der Waals surface area contributed by atoms with Crippen molar-refractivity contribution in [3.63, 3.8) is 0 Å². The van der Waals surface area contributed by atoms with Crippen molar-refractivity contribution in [1.82, 2.24) is 0 Å². The van der Waals surface area contributed by atoms with E-state index < -0.39 is 0 Å². The normalized spacial score (nSPS) is 11.8. The lowest BCUT2D eigenvalue weighted by Gasteiger charge is -2.29. The van der Waals surface area contributed by atoms with Crippen LogP contribution in [0.2, 0.25) is 0 Å². The van der Waals surface area contributed by atoms with Crippen LogP contribution in [0.15, 0.2) is 173 Å². The first-order valence-electron chi connectivity index (χ1n) is 15.9. The van der Waals surface area contributed by atoms with E-state index in [4.69, 9.17) is 8.83 Å². The first kappa shape index (κ1) is 26.0. The molecule has 47 heavy (non-hydrogen) atoms. The fraction of sp³-hybridized carbons (Fsp3) is 0. The monoisotopic (exact) mass is 601 g/mol. The van der Waals surface area contributed by atoms with Gasteiger partial charge in [-0.1, -0.05) is 115 Å². The van der Waals surface area contributed by atoms with Gasteiger partial charge in [0.2, 0.25) is 0 Å². The molecular formula is C44H27NO2. The van der Waals surface area contributed by atoms with Crippen molar-refractivity contribution >= 4 is 82.5 Å². The molecule has 0 saturated carbocycles. The van der Waals surface area contributed by atoms with Gasteiger partial charge in [0.1, 0.15) is 22.3 Å². The highest BCUT2D eigenvalue weighted by Crippen LogP contribution is 2.47. The van der Waals surface area contributed by atoms with Crippen LogP contribution >= 0.6 is 0 Å². The zero-order chi connectivity index (χ0) is 30.9. The van der Waals surface area contributed by atoms with E-state index in [0.717, 1.165) is 72.1 Å². The molecule has 0 aliphatic carbocycles. The molecule has 0 fully saturated rings. The Morgan fingerprint density at radius 1 is 0.362 bits per heavy atom. The van der Waals surface area contributed by atoms with E-state index in [-0.39, 0.29) is 0 Å². The molecular weight excluding hydrogens is 574 g/mol. The third-order valence-corrected chi connectivity index (χ3v) is 9.43. The third-order valence-electron chi connectivity index (χ3n) is 9.43. The zero-order valence-electron chi connectivity index (χ0n) is 25.4. The van der Waals surface area contributed by atoms with Crippen molar-refractivity contribution < 1.29 is 8.83 Å². The van der Waals surface area contributed by atoms with Crippen molar-refractivity contribution in [2.24, 2.45) is 0 Å². The SMILES string of the molecule is c1ccc(-c2ccccc2N(c2ccc3ccc4ccc5oc6ccccc6c5c4c3c2)c2cccc3oc4ccccc4c23)cc1. The van der Waals surface area contributed by atoms with E-state index >= 15 is 0 Å². The Hall–Kier alpha value is -6.32. The summed E-state index contributed by atoms with van der Waals surface area (Å²) in [4.78, 5) is 2.40. The van der Waals surface area contributed by atoms with Crippen LogP contribution in [-0.2, 0) is 0 Å². The second kappa shape index (κ2) is 10.1. The van der Waals surface area contributed by atoms with Gasteiger partial charge in [-0.3, -0.25) is 0 Å². The van der Waals surface area contributed by atoms with Crippen LogP contribution in [0.3, 0.4) is 0 Å². The molecule has 3 nitrogen and oxygen atoms in total. The summed E-state index contributed by atoms with van der Waals surface area (Å²) >= 11 is 0. The van der Waals surface area contributed by atoms with Crippen molar-refractivity contribution in [2.45, 2.75) is 0 Å². The van der Waals surface area contributed by atoms with Gasteiger partial charge in [0.15, 0.2) is 0 Å². The maximum atomic E-state index is 6.40. The Bertz CT molecular complexity index is 2810. The van der Waals surface area contributed by atoms with Crippen molar-refractivity contribution in [3.05, 3.63) is 164 Å². The highest BCUT2D eigenvalue weighted by atomic mass is 16.3. The van der Waals surface area contributed by atoms with Gasteiger partial charge in [-0.15, -0.1) is 0 Å². The molecule has 0 unspecified atom stereocenters. The van der Waals surface area contributed by atoms with E-state index in [9.17, 15) is 0 Å². The number of rotatable bonds is 4. The van der Waals surface area contributed by atoms with Gasteiger partial charge in [0, 0.05) is 32.8 Å². The molecule has 220 valence electrons. The van der Waals surface area contributed by atoms with E-state index in [0.29, 0.717) is 0 Å². The lowest BCUT2D eigenvalue weighted by molar-refractivity contribution is 0.668. The number of anilines is 3. The van der Waals surface area contributed by atoms with Gasteiger partial charge in [0.05, 0.1) is 16.8 Å². The van der Waals surface area contributed by atoms with Crippen molar-refractivity contribution in [3.8, 4) is 11.1 Å². The number of nitrogens with zero attached hydrogens (tertiary/aromatic N) is 1. The molecule has 8 aromatic carbocycles. The van der Waals surface area contributed by atoms with Crippen LogP contribution in [0, 0.1) is 0 Å². The molecule has 10 aromatic rings. The van der Waals surface area contributed by atoms with Crippen LogP contribution < -0.4 is 4.90 Å². The Morgan fingerprint density at radius 3 is 1.79 bits per heavy atom. The summed E-state index contributed by atoms with van der Waals surface area (Å²) in [5.41, 5.74) is 9.08. The molecule has 0 aliphatic rings. The maximum absolute atomic E-state index is 6.40. The molecule has 0 radical (unpaired) electrons. The van der Waals surface area contributed by atoms with Crippen LogP contribution in [0.5, 0.6) is 0 Å². The van der Waals surface area contributed by atoms with E-state index in [2.05, 4.69) is 150 Å². The number of fused-ring (bicyclic) bond motifs is 10. The average Bonchev–Trinajstić information content (AvgIpc) is 3.71. The molecule has 2 heterocycles. The largest absolute Gasteiger partial charge is 0.456 e. The molecule has 0 amide bonds. The maximum Gasteiger partial charge on any atom is 0.137 e. The number of furan rings is 2. The van der Waals surface area contributed by atoms with E-state index in [1.54, 1.807) is 0 Å². The summed E-state index contributed by atoms with van der Waals surface area (Å²) in [6.07, 6.45) is 0. The van der Waals surface area contributed by atoms with E-state index in [1.807, 2.05) is 18.2 Å². The summed E-state index contributed by atoms with van der Waals surface area (Å²) in [5, 5.41) is 9.23. The van der Waals surface area contributed by atoms with Gasteiger partial charge < -0.3 is 13.7 Å². The summed E-state index contributed by atoms with van der Waals surface area (Å²) < 4.78 is 12.8. The number of para-hydroxylation sites is 3. The molecule has 0 bridgehead atoms. The molecule has 0 saturated heterocycles. The smallest absolute Gasteiger partial charge is 0.137 e. The third kappa shape index (κ3) is 3.93. The van der Waals surface area contributed by atoms with E-state index in [1.165, 1.54) is 21.5 Å². The molecule has 0 N–H and O–H groups in total. The predicted molar refractivity (Wildman–Crippen MR) is 196 cm³/mol. The lowest BCUT2D eigenvalue weighted by atomic mass is 9.96. The Kier molecular flexibility index (Phi) is 5.57. The Morgan fingerprint density at radius 2 is 0.957 bits per heavy atom. The van der Waals surface area contributed by atoms with Crippen LogP contribution in [0.1, 0.15) is 0 Å². The highest BCUT2D eigenvalue weighted by Gasteiger charge is 2.22. The molecule has 3 heteroatoms. The molecule has 0 spiro atoms. The van der Waals surface area contributed by atoms with Crippen LogP contribution in [-0.4, -0.2) is 0 Å². The summed E-state index contributed by atoms with van der Waals surface area (Å²) in [6, 6.07) is 57.9. The Labute approximate surface area is 270 Å². The zero-order valence-corrected chi connectivity index (χ0v) is 25.4. The van der Waals surface area contributed by atoms with Gasteiger partial charge in [-0.2, -0.15) is 0 Å². The molecule has 2 aromatic heterocycles. The number of hydrogen-bond donors (Lipinski definition) is 0. The van der Waals surface area contributed by atoms with Crippen molar-refractivity contribution in [1.29, 1.82) is 0 Å². The predicted octanol–water partition coefficient (Wildman–Crippen LogP) is 12.9. The number of hydrogen-bond acceptors (Lipinski definition) is 3. The van der Waals surface area contributed by atoms with Crippen LogP contribution in [0.25, 0.3) is 76.5 Å². The number of benzene rings is 8. The standard InChI is InChI=1S/C44H27NO2/c1-2-11-28(12-3-1)32-13-4-7-16-36(32)45(37-17-10-20-40-43(37)33-14-5-8-18-38(33)46-40)31-25-23-29-21-22-30-24-26-41-44(42(30)35(29)27-31)34-15-6-9-19-39(34)47-41/h1-27H. The molecule has 10 rings (SSSR count). The second-order valence-corrected chi connectivity index (χ2v) is 12.1. The summed E-state index contributed by atoms with van der Waals surface area (Å²) in [7, 11) is 0. The van der Waals surface area contributed by atoms with Gasteiger partial charge in [-0.05, 0) is 70.3 Å². The topological polar surface area (TPSA) is 29.5 Å². The minimum absolute atomic E-state index is 0.865. The Balaban J connectivity index is 1.33. The minimum atomic E-state index is 0.865. The van der Waals surface area contributed by atoms with Gasteiger partial charge in [-0.25, -0.2) is 0 Å². The van der Waals surface area contributed by atoms with Gasteiger partial charge in [0.25, 0.3) is 0 Å². The second-order valence-electron chi connectivity index (χ2n) is 12.1. The minimum Gasteiger partial charge on any atom is -0.456 e. The first-order chi connectivity index (χ1) is 23.3. The lowest BCUT2D eigenvalue weighted by Crippen LogP contribution is -2.11. The average molecular weight is 602 g/mol. The van der Waals surface area contributed by atoms with Gasteiger partial charge >= 0.3 is 0 Å². The first-order valence-corrected chi connectivity index (χ1v) is 15.9. The molecule has 0 aliphatic heterocycles. The summed E-state index contributed by atoms with van der Waals surface area (Å²) in [6.45, 7) is 0. The van der Waals surface area contributed by atoms with Crippen molar-refractivity contribution in [2.75, 3.05) is 4.90 Å². The van der Waals surface area contributed by atoms with Crippen LogP contribution in [0.4, 0.5) is 17.1 Å². The molecule has 0 atom stereocenters. The summed E-state index contributed by atoms with van der Waals surface area (Å²) in [5.74, 6) is 0. The fourth-order valence-corrected chi connectivity index (χ4v) is 7.37. The highest BCUT2D eigenvalue weighted by molar-refractivity contribution is 6.27. The quantitative estimate of drug-likeness (QED) is 0.188.